The molecule has 1 aromatic carbocycles. The number of anilines is 1. The van der Waals surface area contributed by atoms with Gasteiger partial charge in [0.1, 0.15) is 11.2 Å². The van der Waals surface area contributed by atoms with Crippen LogP contribution in [0.25, 0.3) is 0 Å². The molecule has 172 valence electrons. The second-order valence-corrected chi connectivity index (χ2v) is 8.57. The summed E-state index contributed by atoms with van der Waals surface area (Å²) in [5, 5.41) is 14.9. The minimum atomic E-state index is -0.862. The number of amides is 4. The van der Waals surface area contributed by atoms with Crippen molar-refractivity contribution in [2.45, 2.75) is 44.1 Å². The number of imide groups is 1. The average molecular weight is 444 g/mol. The number of nitrogens with one attached hydrogen (secondary N) is 2. The topological polar surface area (TPSA) is 128 Å². The Hall–Kier alpha value is -3.21. The third-order valence-electron chi connectivity index (χ3n) is 6.55. The molecular formula is C21H28N6O5. The number of hydrogen-bond acceptors (Lipinski definition) is 7. The normalized spacial score (nSPS) is 21.0. The molecule has 4 rings (SSSR count). The number of para-hydroxylation sites is 2. The zero-order valence-corrected chi connectivity index (χ0v) is 17.9. The fraction of sp³-hybridized carbons (Fsp3) is 0.571. The Morgan fingerprint density at radius 2 is 1.78 bits per heavy atom. The molecule has 2 heterocycles. The Balaban J connectivity index is 1.25. The summed E-state index contributed by atoms with van der Waals surface area (Å²) in [7, 11) is 0. The summed E-state index contributed by atoms with van der Waals surface area (Å²) in [5.74, 6) is -0.754. The van der Waals surface area contributed by atoms with E-state index in [0.717, 1.165) is 24.3 Å². The SMILES string of the molecule is O=C(CCN1CCN(c2ccccc2[N+](=O)[O-])CC1)NN1C(=O)NC2(CCCCC2)C1=O. The van der Waals surface area contributed by atoms with Gasteiger partial charge in [-0.05, 0) is 18.9 Å². The maximum absolute atomic E-state index is 12.7. The van der Waals surface area contributed by atoms with Crippen LogP contribution in [-0.2, 0) is 9.59 Å². The lowest BCUT2D eigenvalue weighted by molar-refractivity contribution is -0.384. The first-order chi connectivity index (χ1) is 15.4. The number of carbonyl (C=O) groups is 3. The number of rotatable bonds is 6. The largest absolute Gasteiger partial charge is 0.363 e. The Morgan fingerprint density at radius 1 is 1.09 bits per heavy atom. The van der Waals surface area contributed by atoms with Gasteiger partial charge >= 0.3 is 6.03 Å². The first-order valence-electron chi connectivity index (χ1n) is 11.1. The van der Waals surface area contributed by atoms with E-state index in [1.165, 1.54) is 6.07 Å². The Kier molecular flexibility index (Phi) is 6.26. The van der Waals surface area contributed by atoms with E-state index in [4.69, 9.17) is 0 Å². The molecule has 2 saturated heterocycles. The number of benzene rings is 1. The number of nitrogens with zero attached hydrogens (tertiary/aromatic N) is 4. The molecule has 1 saturated carbocycles. The lowest BCUT2D eigenvalue weighted by Gasteiger charge is -2.35. The Morgan fingerprint density at radius 3 is 2.47 bits per heavy atom. The van der Waals surface area contributed by atoms with Gasteiger partial charge in [0.2, 0.25) is 5.91 Å². The average Bonchev–Trinajstić information content (AvgIpc) is 3.02. The maximum Gasteiger partial charge on any atom is 0.344 e. The molecule has 2 N–H and O–H groups in total. The van der Waals surface area contributed by atoms with Gasteiger partial charge in [0, 0.05) is 45.2 Å². The van der Waals surface area contributed by atoms with E-state index in [-0.39, 0.29) is 28.8 Å². The molecule has 1 spiro atoms. The standard InChI is InChI=1S/C21H28N6O5/c28-18(23-26-19(29)21(22-20(26)30)9-4-1-5-10-21)8-11-24-12-14-25(15-13-24)16-6-2-3-7-17(16)27(31)32/h2-3,6-7H,1,4-5,8-15H2,(H,22,30)(H,23,28). The van der Waals surface area contributed by atoms with E-state index in [0.29, 0.717) is 51.3 Å². The quantitative estimate of drug-likeness (QED) is 0.385. The summed E-state index contributed by atoms with van der Waals surface area (Å²) in [5.41, 5.74) is 2.29. The smallest absolute Gasteiger partial charge is 0.344 e. The summed E-state index contributed by atoms with van der Waals surface area (Å²) >= 11 is 0. The van der Waals surface area contributed by atoms with Crippen molar-refractivity contribution >= 4 is 29.2 Å². The van der Waals surface area contributed by atoms with Gasteiger partial charge in [-0.2, -0.15) is 5.01 Å². The van der Waals surface area contributed by atoms with Crippen molar-refractivity contribution in [3.05, 3.63) is 34.4 Å². The lowest BCUT2D eigenvalue weighted by Crippen LogP contribution is -2.51. The van der Waals surface area contributed by atoms with Crippen molar-refractivity contribution in [3.63, 3.8) is 0 Å². The highest BCUT2D eigenvalue weighted by molar-refractivity contribution is 6.08. The van der Waals surface area contributed by atoms with Gasteiger partial charge in [-0.15, -0.1) is 0 Å². The molecule has 4 amide bonds. The summed E-state index contributed by atoms with van der Waals surface area (Å²) in [6, 6.07) is 6.12. The van der Waals surface area contributed by atoms with Crippen molar-refractivity contribution in [2.24, 2.45) is 0 Å². The number of hydrazine groups is 1. The summed E-state index contributed by atoms with van der Waals surface area (Å²) < 4.78 is 0. The molecule has 0 atom stereocenters. The molecule has 11 nitrogen and oxygen atoms in total. The monoisotopic (exact) mass is 444 g/mol. The van der Waals surface area contributed by atoms with Crippen molar-refractivity contribution in [1.29, 1.82) is 0 Å². The van der Waals surface area contributed by atoms with Crippen molar-refractivity contribution in [2.75, 3.05) is 37.6 Å². The third kappa shape index (κ3) is 4.38. The minimum Gasteiger partial charge on any atom is -0.363 e. The molecule has 1 aromatic rings. The highest BCUT2D eigenvalue weighted by Gasteiger charge is 2.52. The molecule has 0 unspecified atom stereocenters. The second kappa shape index (κ2) is 9.11. The molecule has 3 aliphatic rings. The van der Waals surface area contributed by atoms with Crippen LogP contribution in [0.1, 0.15) is 38.5 Å². The van der Waals surface area contributed by atoms with Gasteiger partial charge < -0.3 is 10.2 Å². The first-order valence-corrected chi connectivity index (χ1v) is 11.1. The van der Waals surface area contributed by atoms with Crippen LogP contribution in [0.5, 0.6) is 0 Å². The molecule has 1 aliphatic carbocycles. The van der Waals surface area contributed by atoms with E-state index in [1.54, 1.807) is 18.2 Å². The predicted molar refractivity (Wildman–Crippen MR) is 116 cm³/mol. The van der Waals surface area contributed by atoms with E-state index in [1.807, 2.05) is 4.90 Å². The zero-order valence-electron chi connectivity index (χ0n) is 17.9. The highest BCUT2D eigenvalue weighted by Crippen LogP contribution is 2.33. The molecule has 2 aliphatic heterocycles. The van der Waals surface area contributed by atoms with E-state index in [9.17, 15) is 24.5 Å². The molecule has 0 radical (unpaired) electrons. The number of hydrogen-bond donors (Lipinski definition) is 2. The number of piperazine rings is 1. The molecule has 0 bridgehead atoms. The Bertz CT molecular complexity index is 908. The van der Waals surface area contributed by atoms with E-state index >= 15 is 0 Å². The van der Waals surface area contributed by atoms with Crippen LogP contribution < -0.4 is 15.6 Å². The van der Waals surface area contributed by atoms with Crippen LogP contribution in [-0.4, -0.2) is 70.9 Å². The number of nitro benzene ring substituents is 1. The van der Waals surface area contributed by atoms with Crippen LogP contribution in [0.3, 0.4) is 0 Å². The second-order valence-electron chi connectivity index (χ2n) is 8.57. The van der Waals surface area contributed by atoms with E-state index < -0.39 is 11.6 Å². The molecule has 0 aromatic heterocycles. The van der Waals surface area contributed by atoms with Crippen LogP contribution >= 0.6 is 0 Å². The minimum absolute atomic E-state index is 0.0876. The van der Waals surface area contributed by atoms with Crippen LogP contribution in [0.2, 0.25) is 0 Å². The van der Waals surface area contributed by atoms with Crippen molar-refractivity contribution in [1.82, 2.24) is 20.7 Å². The van der Waals surface area contributed by atoms with Gasteiger partial charge in [-0.3, -0.25) is 30.0 Å². The van der Waals surface area contributed by atoms with Gasteiger partial charge in [-0.25, -0.2) is 4.79 Å². The van der Waals surface area contributed by atoms with Gasteiger partial charge in [0.25, 0.3) is 11.6 Å². The van der Waals surface area contributed by atoms with Gasteiger partial charge in [0.15, 0.2) is 0 Å². The molecular weight excluding hydrogens is 416 g/mol. The zero-order chi connectivity index (χ0) is 22.7. The van der Waals surface area contributed by atoms with Crippen LogP contribution in [0, 0.1) is 10.1 Å². The fourth-order valence-corrected chi connectivity index (χ4v) is 4.75. The summed E-state index contributed by atoms with van der Waals surface area (Å²) in [6.07, 6.45) is 4.16. The fourth-order valence-electron chi connectivity index (χ4n) is 4.75. The predicted octanol–water partition coefficient (Wildman–Crippen LogP) is 1.39. The van der Waals surface area contributed by atoms with Crippen LogP contribution in [0.15, 0.2) is 24.3 Å². The number of carbonyl (C=O) groups excluding carboxylic acids is 3. The molecule has 11 heteroatoms. The first kappa shape index (κ1) is 22.0. The van der Waals surface area contributed by atoms with Crippen molar-refractivity contribution < 1.29 is 19.3 Å². The number of nitro groups is 1. The molecule has 32 heavy (non-hydrogen) atoms. The maximum atomic E-state index is 12.7. The summed E-state index contributed by atoms with van der Waals surface area (Å²) in [4.78, 5) is 52.4. The lowest BCUT2D eigenvalue weighted by atomic mass is 9.82. The van der Waals surface area contributed by atoms with E-state index in [2.05, 4.69) is 15.6 Å². The highest BCUT2D eigenvalue weighted by atomic mass is 16.6. The van der Waals surface area contributed by atoms with Crippen LogP contribution in [0.4, 0.5) is 16.2 Å². The Labute approximate surface area is 185 Å². The van der Waals surface area contributed by atoms with Gasteiger partial charge in [-0.1, -0.05) is 31.4 Å². The molecule has 3 fully saturated rings. The third-order valence-corrected chi connectivity index (χ3v) is 6.55. The number of urea groups is 1. The summed E-state index contributed by atoms with van der Waals surface area (Å²) in [6.45, 7) is 3.02. The van der Waals surface area contributed by atoms with Crippen molar-refractivity contribution in [3.8, 4) is 0 Å². The van der Waals surface area contributed by atoms with Gasteiger partial charge in [0.05, 0.1) is 4.92 Å².